The first kappa shape index (κ1) is 13.7. The van der Waals surface area contributed by atoms with Crippen molar-refractivity contribution in [3.63, 3.8) is 0 Å². The molecule has 0 heterocycles. The van der Waals surface area contributed by atoms with Gasteiger partial charge in [-0.05, 0) is 68.3 Å². The van der Waals surface area contributed by atoms with Gasteiger partial charge in [0, 0.05) is 16.0 Å². The Kier molecular flexibility index (Phi) is 2.82. The van der Waals surface area contributed by atoms with E-state index in [0.29, 0.717) is 0 Å². The zero-order chi connectivity index (χ0) is 14.8. The van der Waals surface area contributed by atoms with Crippen molar-refractivity contribution >= 4 is 21.6 Å². The first-order valence-corrected chi connectivity index (χ1v) is 8.63. The Bertz CT molecular complexity index is 613. The number of aryl methyl sites for hydroxylation is 1. The van der Waals surface area contributed by atoms with Gasteiger partial charge in [0.25, 0.3) is 5.69 Å². The second-order valence-corrected chi connectivity index (χ2v) is 9.33. The van der Waals surface area contributed by atoms with Gasteiger partial charge < -0.3 is 0 Å². The summed E-state index contributed by atoms with van der Waals surface area (Å²) in [6, 6.07) is 5.94. The van der Waals surface area contributed by atoms with E-state index in [0.717, 1.165) is 23.8 Å². The van der Waals surface area contributed by atoms with E-state index in [-0.39, 0.29) is 20.3 Å². The Labute approximate surface area is 133 Å². The largest absolute Gasteiger partial charge is 0.272 e. The van der Waals surface area contributed by atoms with Gasteiger partial charge in [-0.3, -0.25) is 10.1 Å². The molecular weight excluding hydrogens is 330 g/mol. The minimum absolute atomic E-state index is 0.173. The van der Waals surface area contributed by atoms with Gasteiger partial charge in [-0.25, -0.2) is 0 Å². The van der Waals surface area contributed by atoms with E-state index in [1.165, 1.54) is 37.7 Å². The summed E-state index contributed by atoms with van der Waals surface area (Å²) in [4.78, 5) is 11.0. The molecule has 4 fully saturated rings. The number of nitrogens with zero attached hydrogens (tertiary/aromatic N) is 1. The van der Waals surface area contributed by atoms with E-state index in [1.807, 2.05) is 19.1 Å². The quantitative estimate of drug-likeness (QED) is 0.433. The Balaban J connectivity index is 1.79. The number of hydrogen-bond donors (Lipinski definition) is 0. The maximum absolute atomic E-state index is 11.3. The maximum Gasteiger partial charge on any atom is 0.272 e. The predicted octanol–water partition coefficient (Wildman–Crippen LogP) is 4.89. The molecule has 4 aliphatic carbocycles. The summed E-state index contributed by atoms with van der Waals surface area (Å²) in [6.45, 7) is 1.83. The lowest BCUT2D eigenvalue weighted by atomic mass is 9.48. The molecule has 0 N–H and O–H groups in total. The molecule has 4 saturated carbocycles. The van der Waals surface area contributed by atoms with Crippen molar-refractivity contribution in [2.75, 3.05) is 0 Å². The van der Waals surface area contributed by atoms with Crippen LogP contribution < -0.4 is 0 Å². The van der Waals surface area contributed by atoms with Crippen LogP contribution in [0.2, 0.25) is 0 Å². The van der Waals surface area contributed by atoms with Crippen LogP contribution in [0, 0.1) is 28.9 Å². The van der Waals surface area contributed by atoms with Gasteiger partial charge in [0.2, 0.25) is 0 Å². The minimum atomic E-state index is -0.233. The molecule has 3 nitrogen and oxygen atoms in total. The fourth-order valence-electron chi connectivity index (χ4n) is 5.62. The number of halogens is 1. The molecule has 0 radical (unpaired) electrons. The predicted molar refractivity (Wildman–Crippen MR) is 85.9 cm³/mol. The average molecular weight is 350 g/mol. The third kappa shape index (κ3) is 2.06. The molecule has 1 aromatic carbocycles. The molecule has 21 heavy (non-hydrogen) atoms. The SMILES string of the molecule is Cc1ccc(C23C[C@@H]4C[C@H](CC(Br)(C4)C2)C3)cc1[N+](=O)[O-]. The summed E-state index contributed by atoms with van der Waals surface area (Å²) in [5, 5.41) is 11.3. The lowest BCUT2D eigenvalue weighted by molar-refractivity contribution is -0.385. The van der Waals surface area contributed by atoms with Crippen molar-refractivity contribution in [3.8, 4) is 0 Å². The van der Waals surface area contributed by atoms with Crippen molar-refractivity contribution in [2.45, 2.75) is 55.2 Å². The molecule has 4 heteroatoms. The van der Waals surface area contributed by atoms with Crippen molar-refractivity contribution in [3.05, 3.63) is 39.4 Å². The van der Waals surface area contributed by atoms with E-state index >= 15 is 0 Å². The van der Waals surface area contributed by atoms with Crippen LogP contribution in [0.25, 0.3) is 0 Å². The fraction of sp³-hybridized carbons (Fsp3) is 0.647. The Morgan fingerprint density at radius 3 is 2.48 bits per heavy atom. The van der Waals surface area contributed by atoms with E-state index in [4.69, 9.17) is 0 Å². The van der Waals surface area contributed by atoms with Crippen LogP contribution in [0.15, 0.2) is 18.2 Å². The Morgan fingerprint density at radius 1 is 1.24 bits per heavy atom. The van der Waals surface area contributed by atoms with Crippen LogP contribution >= 0.6 is 15.9 Å². The van der Waals surface area contributed by atoms with Crippen molar-refractivity contribution < 1.29 is 4.92 Å². The van der Waals surface area contributed by atoms with Gasteiger partial charge in [-0.2, -0.15) is 0 Å². The van der Waals surface area contributed by atoms with Crippen LogP contribution in [0.4, 0.5) is 5.69 Å². The van der Waals surface area contributed by atoms with E-state index < -0.39 is 0 Å². The number of benzene rings is 1. The lowest BCUT2D eigenvalue weighted by Gasteiger charge is -2.60. The molecule has 0 aromatic heterocycles. The second kappa shape index (κ2) is 4.31. The molecule has 2 atom stereocenters. The third-order valence-corrected chi connectivity index (χ3v) is 6.94. The van der Waals surface area contributed by atoms with Gasteiger partial charge in [0.1, 0.15) is 0 Å². The summed E-state index contributed by atoms with van der Waals surface area (Å²) in [5.41, 5.74) is 2.43. The Morgan fingerprint density at radius 2 is 1.90 bits per heavy atom. The molecule has 4 aliphatic rings. The minimum Gasteiger partial charge on any atom is -0.258 e. The fourth-order valence-corrected chi connectivity index (χ4v) is 7.08. The molecule has 0 unspecified atom stereocenters. The van der Waals surface area contributed by atoms with Crippen molar-refractivity contribution in [1.29, 1.82) is 0 Å². The van der Waals surface area contributed by atoms with Crippen molar-refractivity contribution in [2.24, 2.45) is 11.8 Å². The molecule has 4 bridgehead atoms. The standard InChI is InChI=1S/C17H20BrNO2/c1-11-2-3-14(5-15(11)19(20)21)16-6-12-4-13(7-16)9-17(18,8-12)10-16/h2-3,5,12-13H,4,6-10H2,1H3/t12-,13-,16?,17?/m0/s1. The second-order valence-electron chi connectivity index (χ2n) is 7.65. The third-order valence-electron chi connectivity index (χ3n) is 6.01. The first-order chi connectivity index (χ1) is 9.89. The topological polar surface area (TPSA) is 43.1 Å². The highest BCUT2D eigenvalue weighted by atomic mass is 79.9. The summed E-state index contributed by atoms with van der Waals surface area (Å²) < 4.78 is 0.288. The molecule has 5 rings (SSSR count). The van der Waals surface area contributed by atoms with Crippen LogP contribution in [-0.2, 0) is 5.41 Å². The number of hydrogen-bond acceptors (Lipinski definition) is 2. The molecule has 112 valence electrons. The van der Waals surface area contributed by atoms with Gasteiger partial charge >= 0.3 is 0 Å². The summed E-state index contributed by atoms with van der Waals surface area (Å²) in [6.07, 6.45) is 7.53. The van der Waals surface area contributed by atoms with E-state index in [1.54, 1.807) is 0 Å². The van der Waals surface area contributed by atoms with Crippen molar-refractivity contribution in [1.82, 2.24) is 0 Å². The molecule has 0 saturated heterocycles. The summed E-state index contributed by atoms with van der Waals surface area (Å²) in [7, 11) is 0. The number of rotatable bonds is 2. The zero-order valence-corrected chi connectivity index (χ0v) is 13.9. The molecular formula is C17H20BrNO2. The molecule has 0 spiro atoms. The zero-order valence-electron chi connectivity index (χ0n) is 12.3. The van der Waals surface area contributed by atoms with Gasteiger partial charge in [0.15, 0.2) is 0 Å². The summed E-state index contributed by atoms with van der Waals surface area (Å²) in [5.74, 6) is 1.59. The molecule has 1 aromatic rings. The number of nitro groups is 1. The van der Waals surface area contributed by atoms with Gasteiger partial charge in [0.05, 0.1) is 4.92 Å². The van der Waals surface area contributed by atoms with Gasteiger partial charge in [-0.1, -0.05) is 28.1 Å². The average Bonchev–Trinajstić information content (AvgIpc) is 2.35. The highest BCUT2D eigenvalue weighted by molar-refractivity contribution is 9.10. The smallest absolute Gasteiger partial charge is 0.258 e. The monoisotopic (exact) mass is 349 g/mol. The molecule has 0 aliphatic heterocycles. The number of nitro benzene ring substituents is 1. The van der Waals surface area contributed by atoms with Crippen LogP contribution in [0.1, 0.15) is 49.7 Å². The molecule has 0 amide bonds. The van der Waals surface area contributed by atoms with E-state index in [9.17, 15) is 10.1 Å². The first-order valence-electron chi connectivity index (χ1n) is 7.84. The van der Waals surface area contributed by atoms with Crippen LogP contribution in [-0.4, -0.2) is 9.25 Å². The van der Waals surface area contributed by atoms with E-state index in [2.05, 4.69) is 22.0 Å². The normalized spacial score (nSPS) is 40.5. The highest BCUT2D eigenvalue weighted by Crippen LogP contribution is 2.65. The van der Waals surface area contributed by atoms with Crippen LogP contribution in [0.5, 0.6) is 0 Å². The lowest BCUT2D eigenvalue weighted by Crippen LogP contribution is -2.54. The van der Waals surface area contributed by atoms with Gasteiger partial charge in [-0.15, -0.1) is 0 Å². The maximum atomic E-state index is 11.3. The summed E-state index contributed by atoms with van der Waals surface area (Å²) >= 11 is 4.02. The number of alkyl halides is 1. The Hall–Kier alpha value is -0.900. The highest BCUT2D eigenvalue weighted by Gasteiger charge is 2.57. The van der Waals surface area contributed by atoms with Crippen LogP contribution in [0.3, 0.4) is 0 Å².